The van der Waals surface area contributed by atoms with Gasteiger partial charge in [-0.1, -0.05) is 35.0 Å². The Morgan fingerprint density at radius 3 is 2.57 bits per heavy atom. The zero-order valence-electron chi connectivity index (χ0n) is 14.7. The molecule has 0 radical (unpaired) electrons. The second-order valence-corrected chi connectivity index (χ2v) is 6.72. The summed E-state index contributed by atoms with van der Waals surface area (Å²) in [4.78, 5) is 0. The molecule has 0 fully saturated rings. The van der Waals surface area contributed by atoms with Gasteiger partial charge in [0, 0.05) is 17.1 Å². The molecule has 4 rings (SSSR count). The average Bonchev–Trinajstić information content (AvgIpc) is 3.34. The molecule has 28 heavy (non-hydrogen) atoms. The van der Waals surface area contributed by atoms with Crippen molar-refractivity contribution >= 4 is 23.8 Å². The molecule has 1 N–H and O–H groups in total. The lowest BCUT2D eigenvalue weighted by molar-refractivity contribution is 0.292. The number of tetrazole rings is 1. The third kappa shape index (κ3) is 4.10. The summed E-state index contributed by atoms with van der Waals surface area (Å²) >= 11 is 11.6. The first-order valence-corrected chi connectivity index (χ1v) is 9.34. The molecular weight excluding hydrogens is 398 g/mol. The minimum Gasteiger partial charge on any atom is -0.486 e. The lowest BCUT2D eigenvalue weighted by Gasteiger charge is -2.08. The Labute approximate surface area is 170 Å². The van der Waals surface area contributed by atoms with Crippen LogP contribution in [0.25, 0.3) is 5.69 Å². The monoisotopic (exact) mass is 413 g/mol. The average molecular weight is 414 g/mol. The van der Waals surface area contributed by atoms with Crippen molar-refractivity contribution in [2.75, 3.05) is 0 Å². The molecular formula is C18H16ClN7OS. The van der Waals surface area contributed by atoms with E-state index in [9.17, 15) is 0 Å². The van der Waals surface area contributed by atoms with Crippen molar-refractivity contribution in [2.45, 2.75) is 19.6 Å². The van der Waals surface area contributed by atoms with Crippen LogP contribution in [0.2, 0.25) is 5.02 Å². The van der Waals surface area contributed by atoms with Gasteiger partial charge in [0.1, 0.15) is 12.4 Å². The summed E-state index contributed by atoms with van der Waals surface area (Å²) in [5, 5.41) is 19.3. The van der Waals surface area contributed by atoms with E-state index in [2.05, 4.69) is 25.7 Å². The Hall–Kier alpha value is -3.04. The number of benzene rings is 2. The number of hydrogen-bond acceptors (Lipinski definition) is 6. The first-order chi connectivity index (χ1) is 13.7. The molecule has 2 heterocycles. The van der Waals surface area contributed by atoms with Gasteiger partial charge in [0.2, 0.25) is 4.77 Å². The van der Waals surface area contributed by atoms with Crippen molar-refractivity contribution in [1.29, 1.82) is 0 Å². The second kappa shape index (κ2) is 8.32. The van der Waals surface area contributed by atoms with Crippen LogP contribution in [0.3, 0.4) is 0 Å². The number of rotatable bonds is 7. The lowest BCUT2D eigenvalue weighted by Crippen LogP contribution is -2.06. The van der Waals surface area contributed by atoms with E-state index in [1.54, 1.807) is 16.8 Å². The Morgan fingerprint density at radius 2 is 1.86 bits per heavy atom. The maximum absolute atomic E-state index is 5.93. The molecule has 10 heteroatoms. The Bertz CT molecular complexity index is 1090. The van der Waals surface area contributed by atoms with Gasteiger partial charge in [0.25, 0.3) is 0 Å². The second-order valence-electron chi connectivity index (χ2n) is 5.91. The van der Waals surface area contributed by atoms with Crippen molar-refractivity contribution in [1.82, 2.24) is 35.0 Å². The van der Waals surface area contributed by atoms with Gasteiger partial charge in [0.15, 0.2) is 11.6 Å². The molecule has 0 spiro atoms. The molecule has 0 amide bonds. The highest BCUT2D eigenvalue weighted by Crippen LogP contribution is 2.18. The Balaban J connectivity index is 1.62. The lowest BCUT2D eigenvalue weighted by atomic mass is 10.3. The molecule has 0 saturated heterocycles. The summed E-state index contributed by atoms with van der Waals surface area (Å²) in [6.07, 6.45) is 0.564. The molecule has 2 aromatic heterocycles. The van der Waals surface area contributed by atoms with Crippen molar-refractivity contribution in [2.24, 2.45) is 0 Å². The fourth-order valence-corrected chi connectivity index (χ4v) is 3.17. The van der Waals surface area contributed by atoms with Gasteiger partial charge in [-0.05, 0) is 48.6 Å². The molecule has 142 valence electrons. The standard InChI is InChI=1S/C18H16ClN7OS/c19-13-6-8-15(9-7-13)27-12-17-22-25(11-10-16-20-23-24-21-16)18(28)26(17)14-4-2-1-3-5-14/h1-9H,10-12H2,(H,20,21,23,24). The topological polar surface area (TPSA) is 86.4 Å². The number of H-pyrrole nitrogens is 1. The van der Waals surface area contributed by atoms with E-state index in [-0.39, 0.29) is 6.61 Å². The van der Waals surface area contributed by atoms with E-state index in [0.717, 1.165) is 5.69 Å². The quantitative estimate of drug-likeness (QED) is 0.467. The normalized spacial score (nSPS) is 10.9. The van der Waals surface area contributed by atoms with Gasteiger partial charge < -0.3 is 4.74 Å². The van der Waals surface area contributed by atoms with Crippen molar-refractivity contribution in [3.8, 4) is 11.4 Å². The number of nitrogens with zero attached hydrogens (tertiary/aromatic N) is 6. The van der Waals surface area contributed by atoms with E-state index < -0.39 is 0 Å². The predicted molar refractivity (Wildman–Crippen MR) is 106 cm³/mol. The highest BCUT2D eigenvalue weighted by molar-refractivity contribution is 7.71. The molecule has 0 unspecified atom stereocenters. The third-order valence-electron chi connectivity index (χ3n) is 4.04. The van der Waals surface area contributed by atoms with Gasteiger partial charge in [0.05, 0.1) is 6.54 Å². The predicted octanol–water partition coefficient (Wildman–Crippen LogP) is 3.39. The van der Waals surface area contributed by atoms with Crippen LogP contribution in [-0.4, -0.2) is 35.0 Å². The van der Waals surface area contributed by atoms with E-state index in [0.29, 0.717) is 40.2 Å². The maximum Gasteiger partial charge on any atom is 0.202 e. The van der Waals surface area contributed by atoms with E-state index in [1.807, 2.05) is 47.0 Å². The number of para-hydroxylation sites is 1. The number of aromatic amines is 1. The number of aromatic nitrogens is 7. The molecule has 0 saturated carbocycles. The van der Waals surface area contributed by atoms with E-state index in [1.165, 1.54) is 0 Å². The number of hydrogen-bond donors (Lipinski definition) is 1. The van der Waals surface area contributed by atoms with Gasteiger partial charge in [-0.3, -0.25) is 4.57 Å². The number of nitrogens with one attached hydrogen (secondary N) is 1. The number of aryl methyl sites for hydroxylation is 2. The van der Waals surface area contributed by atoms with Gasteiger partial charge >= 0.3 is 0 Å². The van der Waals surface area contributed by atoms with Crippen LogP contribution in [-0.2, 0) is 19.6 Å². The first-order valence-electron chi connectivity index (χ1n) is 8.55. The Morgan fingerprint density at radius 1 is 1.07 bits per heavy atom. The maximum atomic E-state index is 5.93. The highest BCUT2D eigenvalue weighted by atomic mass is 35.5. The smallest absolute Gasteiger partial charge is 0.202 e. The van der Waals surface area contributed by atoms with Crippen LogP contribution in [0.15, 0.2) is 54.6 Å². The summed E-state index contributed by atoms with van der Waals surface area (Å²) < 4.78 is 10.1. The minimum atomic E-state index is 0.259. The van der Waals surface area contributed by atoms with E-state index >= 15 is 0 Å². The fourth-order valence-electron chi connectivity index (χ4n) is 2.70. The van der Waals surface area contributed by atoms with Crippen molar-refractivity contribution < 1.29 is 4.74 Å². The van der Waals surface area contributed by atoms with Crippen LogP contribution < -0.4 is 4.74 Å². The van der Waals surface area contributed by atoms with Crippen LogP contribution in [0.4, 0.5) is 0 Å². The summed E-state index contributed by atoms with van der Waals surface area (Å²) in [5.41, 5.74) is 0.924. The number of halogens is 1. The summed E-state index contributed by atoms with van der Waals surface area (Å²) in [7, 11) is 0. The van der Waals surface area contributed by atoms with Crippen LogP contribution in [0.1, 0.15) is 11.6 Å². The SMILES string of the molecule is S=c1n(CCc2nn[nH]n2)nc(COc2ccc(Cl)cc2)n1-c1ccccc1. The van der Waals surface area contributed by atoms with Crippen molar-refractivity contribution in [3.05, 3.63) is 76.0 Å². The molecule has 8 nitrogen and oxygen atoms in total. The van der Waals surface area contributed by atoms with Crippen LogP contribution in [0.5, 0.6) is 5.75 Å². The fraction of sp³-hybridized carbons (Fsp3) is 0.167. The summed E-state index contributed by atoms with van der Waals surface area (Å²) in [6, 6.07) is 17.0. The van der Waals surface area contributed by atoms with Gasteiger partial charge in [-0.25, -0.2) is 4.68 Å². The Kier molecular flexibility index (Phi) is 5.45. The molecule has 0 bridgehead atoms. The molecule has 0 aliphatic rings. The summed E-state index contributed by atoms with van der Waals surface area (Å²) in [5.74, 6) is 2.01. The van der Waals surface area contributed by atoms with Gasteiger partial charge in [-0.15, -0.1) is 10.2 Å². The molecule has 0 atom stereocenters. The largest absolute Gasteiger partial charge is 0.486 e. The zero-order valence-corrected chi connectivity index (χ0v) is 16.3. The minimum absolute atomic E-state index is 0.259. The summed E-state index contributed by atoms with van der Waals surface area (Å²) in [6.45, 7) is 0.793. The van der Waals surface area contributed by atoms with Crippen molar-refractivity contribution in [3.63, 3.8) is 0 Å². The highest BCUT2D eigenvalue weighted by Gasteiger charge is 2.14. The molecule has 4 aromatic rings. The molecule has 0 aliphatic carbocycles. The van der Waals surface area contributed by atoms with Crippen LogP contribution in [0, 0.1) is 4.77 Å². The molecule has 0 aliphatic heterocycles. The van der Waals surface area contributed by atoms with E-state index in [4.69, 9.17) is 28.6 Å². The zero-order chi connectivity index (χ0) is 19.3. The molecule has 2 aromatic carbocycles. The first kappa shape index (κ1) is 18.3. The van der Waals surface area contributed by atoms with Gasteiger partial charge in [-0.2, -0.15) is 10.3 Å². The number of ether oxygens (including phenoxy) is 1. The van der Waals surface area contributed by atoms with Crippen LogP contribution >= 0.6 is 23.8 Å². The third-order valence-corrected chi connectivity index (χ3v) is 4.68.